The molecule has 3 heterocycles. The van der Waals surface area contributed by atoms with Gasteiger partial charge < -0.3 is 10.6 Å². The van der Waals surface area contributed by atoms with Gasteiger partial charge in [0.1, 0.15) is 0 Å². The van der Waals surface area contributed by atoms with E-state index in [0.29, 0.717) is 12.1 Å². The number of nitrogens with one attached hydrogen (secondary N) is 2. The summed E-state index contributed by atoms with van der Waals surface area (Å²) in [6.45, 7) is 1.97. The molecule has 1 aromatic heterocycles. The zero-order valence-electron chi connectivity index (χ0n) is 9.94. The first-order valence-electron chi connectivity index (χ1n) is 6.21. The molecule has 2 saturated heterocycles. The average Bonchev–Trinajstić information content (AvgIpc) is 2.90. The SMILES string of the molecule is Cc1cncc(NC(=O)C2CC3CCC2N3)c1. The standard InChI is InChI=1S/C13H17N3O/c1-8-4-10(7-14-6-8)16-13(17)11-5-9-2-3-12(11)15-9/h4,6-7,9,11-12,15H,2-3,5H2,1H3,(H,16,17). The van der Waals surface area contributed by atoms with E-state index in [4.69, 9.17) is 0 Å². The Balaban J connectivity index is 1.68. The molecule has 3 atom stereocenters. The predicted octanol–water partition coefficient (Wildman–Crippen LogP) is 1.47. The van der Waals surface area contributed by atoms with E-state index in [1.54, 1.807) is 12.4 Å². The number of pyridine rings is 1. The van der Waals surface area contributed by atoms with Crippen LogP contribution in [0.25, 0.3) is 0 Å². The monoisotopic (exact) mass is 231 g/mol. The molecule has 1 amide bonds. The predicted molar refractivity (Wildman–Crippen MR) is 65.7 cm³/mol. The van der Waals surface area contributed by atoms with E-state index in [1.165, 1.54) is 6.42 Å². The number of nitrogens with zero attached hydrogens (tertiary/aromatic N) is 1. The summed E-state index contributed by atoms with van der Waals surface area (Å²) in [7, 11) is 0. The summed E-state index contributed by atoms with van der Waals surface area (Å²) < 4.78 is 0. The number of aromatic nitrogens is 1. The number of amides is 1. The highest BCUT2D eigenvalue weighted by molar-refractivity contribution is 5.93. The van der Waals surface area contributed by atoms with Gasteiger partial charge in [-0.1, -0.05) is 0 Å². The summed E-state index contributed by atoms with van der Waals surface area (Å²) in [6.07, 6.45) is 6.82. The Labute approximate surface area is 101 Å². The van der Waals surface area contributed by atoms with Crippen LogP contribution < -0.4 is 10.6 Å². The summed E-state index contributed by atoms with van der Waals surface area (Å²) in [5, 5.41) is 6.45. The minimum absolute atomic E-state index is 0.134. The van der Waals surface area contributed by atoms with Crippen LogP contribution in [-0.4, -0.2) is 23.0 Å². The van der Waals surface area contributed by atoms with Crippen LogP contribution in [-0.2, 0) is 4.79 Å². The molecule has 0 aliphatic carbocycles. The van der Waals surface area contributed by atoms with Gasteiger partial charge in [-0.05, 0) is 37.8 Å². The molecule has 3 unspecified atom stereocenters. The highest BCUT2D eigenvalue weighted by Gasteiger charge is 2.42. The maximum atomic E-state index is 12.1. The van der Waals surface area contributed by atoms with Crippen molar-refractivity contribution in [3.05, 3.63) is 24.0 Å². The van der Waals surface area contributed by atoms with Gasteiger partial charge in [-0.25, -0.2) is 0 Å². The molecule has 0 saturated carbocycles. The van der Waals surface area contributed by atoms with Crippen molar-refractivity contribution in [2.24, 2.45) is 5.92 Å². The molecule has 90 valence electrons. The lowest BCUT2D eigenvalue weighted by Gasteiger charge is -2.19. The number of rotatable bonds is 2. The van der Waals surface area contributed by atoms with Crippen LogP contribution in [0.15, 0.2) is 18.5 Å². The maximum Gasteiger partial charge on any atom is 0.229 e. The first-order valence-corrected chi connectivity index (χ1v) is 6.21. The van der Waals surface area contributed by atoms with Crippen LogP contribution in [0.5, 0.6) is 0 Å². The Hall–Kier alpha value is -1.42. The molecule has 17 heavy (non-hydrogen) atoms. The van der Waals surface area contributed by atoms with Crippen molar-refractivity contribution in [1.29, 1.82) is 0 Å². The van der Waals surface area contributed by atoms with Crippen molar-refractivity contribution in [3.63, 3.8) is 0 Å². The van der Waals surface area contributed by atoms with Gasteiger partial charge in [0, 0.05) is 18.3 Å². The minimum atomic E-state index is 0.134. The second-order valence-electron chi connectivity index (χ2n) is 5.13. The van der Waals surface area contributed by atoms with Crippen molar-refractivity contribution < 1.29 is 4.79 Å². The summed E-state index contributed by atoms with van der Waals surface area (Å²) in [5.41, 5.74) is 1.87. The van der Waals surface area contributed by atoms with Crippen molar-refractivity contribution >= 4 is 11.6 Å². The molecule has 2 fully saturated rings. The van der Waals surface area contributed by atoms with Gasteiger partial charge in [0.25, 0.3) is 0 Å². The van der Waals surface area contributed by atoms with Crippen LogP contribution in [0.4, 0.5) is 5.69 Å². The molecule has 2 aliphatic rings. The van der Waals surface area contributed by atoms with Gasteiger partial charge in [0.05, 0.1) is 17.8 Å². The Bertz CT molecular complexity index is 446. The largest absolute Gasteiger partial charge is 0.324 e. The Morgan fingerprint density at radius 1 is 1.47 bits per heavy atom. The van der Waals surface area contributed by atoms with Crippen molar-refractivity contribution in [3.8, 4) is 0 Å². The fourth-order valence-electron chi connectivity index (χ4n) is 2.97. The van der Waals surface area contributed by atoms with Gasteiger partial charge in [0.15, 0.2) is 0 Å². The molecule has 2 N–H and O–H groups in total. The van der Waals surface area contributed by atoms with Crippen LogP contribution in [0.1, 0.15) is 24.8 Å². The van der Waals surface area contributed by atoms with Gasteiger partial charge >= 0.3 is 0 Å². The second kappa shape index (κ2) is 4.11. The lowest BCUT2D eigenvalue weighted by molar-refractivity contribution is -0.120. The van der Waals surface area contributed by atoms with Gasteiger partial charge in [-0.15, -0.1) is 0 Å². The quantitative estimate of drug-likeness (QED) is 0.810. The molecule has 1 aromatic rings. The van der Waals surface area contributed by atoms with Crippen LogP contribution >= 0.6 is 0 Å². The van der Waals surface area contributed by atoms with Gasteiger partial charge in [0.2, 0.25) is 5.91 Å². The number of carbonyl (C=O) groups is 1. The Morgan fingerprint density at radius 2 is 2.35 bits per heavy atom. The van der Waals surface area contributed by atoms with Crippen LogP contribution in [0, 0.1) is 12.8 Å². The third-order valence-corrected chi connectivity index (χ3v) is 3.78. The number of hydrogen-bond acceptors (Lipinski definition) is 3. The number of fused-ring (bicyclic) bond motifs is 2. The van der Waals surface area contributed by atoms with E-state index in [9.17, 15) is 4.79 Å². The van der Waals surface area contributed by atoms with E-state index in [0.717, 1.165) is 24.1 Å². The number of hydrogen-bond donors (Lipinski definition) is 2. The van der Waals surface area contributed by atoms with E-state index in [-0.39, 0.29) is 11.8 Å². The summed E-state index contributed by atoms with van der Waals surface area (Å²) in [6, 6.07) is 2.90. The summed E-state index contributed by atoms with van der Waals surface area (Å²) >= 11 is 0. The Morgan fingerprint density at radius 3 is 3.00 bits per heavy atom. The number of anilines is 1. The average molecular weight is 231 g/mol. The first-order chi connectivity index (χ1) is 8.22. The van der Waals surface area contributed by atoms with E-state index in [1.807, 2.05) is 13.0 Å². The molecule has 3 rings (SSSR count). The smallest absolute Gasteiger partial charge is 0.229 e. The van der Waals surface area contributed by atoms with Crippen LogP contribution in [0.2, 0.25) is 0 Å². The first kappa shape index (κ1) is 10.7. The van der Waals surface area contributed by atoms with E-state index in [2.05, 4.69) is 15.6 Å². The third-order valence-electron chi connectivity index (χ3n) is 3.78. The lowest BCUT2D eigenvalue weighted by atomic mass is 9.88. The minimum Gasteiger partial charge on any atom is -0.324 e. The van der Waals surface area contributed by atoms with Crippen LogP contribution in [0.3, 0.4) is 0 Å². The topological polar surface area (TPSA) is 54.0 Å². The summed E-state index contributed by atoms with van der Waals surface area (Å²) in [4.78, 5) is 16.2. The molecule has 4 heteroatoms. The molecule has 0 spiro atoms. The molecular weight excluding hydrogens is 214 g/mol. The van der Waals surface area contributed by atoms with Crippen molar-refractivity contribution in [1.82, 2.24) is 10.3 Å². The third kappa shape index (κ3) is 2.05. The molecular formula is C13H17N3O. The zero-order chi connectivity index (χ0) is 11.8. The van der Waals surface area contributed by atoms with Gasteiger partial charge in [-0.3, -0.25) is 9.78 Å². The molecule has 4 nitrogen and oxygen atoms in total. The summed E-state index contributed by atoms with van der Waals surface area (Å²) in [5.74, 6) is 0.270. The lowest BCUT2D eigenvalue weighted by Crippen LogP contribution is -2.32. The molecule has 2 aliphatic heterocycles. The maximum absolute atomic E-state index is 12.1. The Kier molecular flexibility index (Phi) is 2.59. The van der Waals surface area contributed by atoms with Crippen molar-refractivity contribution in [2.75, 3.05) is 5.32 Å². The number of carbonyl (C=O) groups excluding carboxylic acids is 1. The highest BCUT2D eigenvalue weighted by Crippen LogP contribution is 2.33. The molecule has 2 bridgehead atoms. The second-order valence-corrected chi connectivity index (χ2v) is 5.13. The van der Waals surface area contributed by atoms with E-state index >= 15 is 0 Å². The fourth-order valence-corrected chi connectivity index (χ4v) is 2.97. The fraction of sp³-hybridized carbons (Fsp3) is 0.538. The molecule has 0 radical (unpaired) electrons. The normalized spacial score (nSPS) is 30.5. The molecule has 0 aromatic carbocycles. The number of aryl methyl sites for hydroxylation is 1. The van der Waals surface area contributed by atoms with Gasteiger partial charge in [-0.2, -0.15) is 0 Å². The van der Waals surface area contributed by atoms with Crippen molar-refractivity contribution in [2.45, 2.75) is 38.3 Å². The van der Waals surface area contributed by atoms with E-state index < -0.39 is 0 Å². The zero-order valence-corrected chi connectivity index (χ0v) is 9.94. The highest BCUT2D eigenvalue weighted by atomic mass is 16.2.